The maximum Gasteiger partial charge on any atom is 0.328 e. The van der Waals surface area contributed by atoms with Crippen molar-refractivity contribution in [2.75, 3.05) is 6.54 Å². The Morgan fingerprint density at radius 2 is 1.14 bits per heavy atom. The average molecular weight is 399 g/mol. The molecule has 0 aromatic heterocycles. The summed E-state index contributed by atoms with van der Waals surface area (Å²) in [5.41, 5.74) is 4.55. The number of unbranched alkanes of at least 4 members (excludes halogenated alkanes) is 9. The lowest BCUT2D eigenvalue weighted by Gasteiger charge is -2.03. The van der Waals surface area contributed by atoms with Crippen LogP contribution in [0.15, 0.2) is 24.3 Å². The zero-order valence-electron chi connectivity index (χ0n) is 16.7. The van der Waals surface area contributed by atoms with Gasteiger partial charge in [0, 0.05) is 30.8 Å². The molecule has 0 heterocycles. The van der Waals surface area contributed by atoms with Gasteiger partial charge in [-0.05, 0) is 6.42 Å². The number of carbonyl (C=O) groups excluding carboxylic acids is 2. The van der Waals surface area contributed by atoms with Gasteiger partial charge in [0.15, 0.2) is 0 Å². The van der Waals surface area contributed by atoms with Crippen LogP contribution >= 0.6 is 0 Å². The smallest absolute Gasteiger partial charge is 0.328 e. The van der Waals surface area contributed by atoms with E-state index < -0.39 is 17.8 Å². The minimum atomic E-state index is -1.18. The fourth-order valence-electron chi connectivity index (χ4n) is 2.18. The summed E-state index contributed by atoms with van der Waals surface area (Å²) in [6.45, 7) is 2.86. The van der Waals surface area contributed by atoms with E-state index in [1.54, 1.807) is 0 Å². The van der Waals surface area contributed by atoms with E-state index in [0.717, 1.165) is 31.1 Å². The van der Waals surface area contributed by atoms with Gasteiger partial charge in [0.2, 0.25) is 11.8 Å². The number of amides is 2. The largest absolute Gasteiger partial charge is 0.478 e. The van der Waals surface area contributed by atoms with Crippen molar-refractivity contribution in [2.45, 2.75) is 71.1 Å². The van der Waals surface area contributed by atoms with Crippen LogP contribution in [0.25, 0.3) is 0 Å². The van der Waals surface area contributed by atoms with Gasteiger partial charge in [-0.3, -0.25) is 9.59 Å². The molecule has 5 N–H and O–H groups in total. The molecule has 2 amide bonds. The van der Waals surface area contributed by atoms with Crippen LogP contribution < -0.4 is 11.1 Å². The van der Waals surface area contributed by atoms with Gasteiger partial charge in [-0.2, -0.15) is 0 Å². The average Bonchev–Trinajstić information content (AvgIpc) is 2.63. The molecule has 160 valence electrons. The van der Waals surface area contributed by atoms with Crippen LogP contribution in [0, 0.1) is 0 Å². The molecule has 0 aromatic rings. The van der Waals surface area contributed by atoms with Crippen molar-refractivity contribution < 1.29 is 29.4 Å². The Morgan fingerprint density at radius 1 is 0.714 bits per heavy atom. The first kappa shape index (κ1) is 27.6. The van der Waals surface area contributed by atoms with E-state index in [4.69, 9.17) is 10.2 Å². The quantitative estimate of drug-likeness (QED) is 0.246. The Bertz CT molecular complexity index is 499. The zero-order valence-corrected chi connectivity index (χ0v) is 16.7. The number of nitrogens with two attached hydrogens (primary N) is 1. The normalized spacial score (nSPS) is 10.5. The maximum atomic E-state index is 11.1. The molecule has 0 radical (unpaired) electrons. The zero-order chi connectivity index (χ0) is 21.6. The number of nitrogens with one attached hydrogen (secondary N) is 1. The monoisotopic (exact) mass is 398 g/mol. The molecule has 0 atom stereocenters. The lowest BCUT2D eigenvalue weighted by atomic mass is 10.1. The molecule has 0 aliphatic heterocycles. The molecule has 0 saturated heterocycles. The summed E-state index contributed by atoms with van der Waals surface area (Å²) in [6.07, 6.45) is 16.0. The molecule has 0 unspecified atom stereocenters. The number of carboxylic acid groups (broad SMARTS) is 2. The highest BCUT2D eigenvalue weighted by molar-refractivity contribution is 5.94. The van der Waals surface area contributed by atoms with Gasteiger partial charge in [0.1, 0.15) is 0 Å². The first-order valence-corrected chi connectivity index (χ1v) is 9.68. The Morgan fingerprint density at radius 3 is 1.54 bits per heavy atom. The van der Waals surface area contributed by atoms with Gasteiger partial charge < -0.3 is 21.3 Å². The lowest BCUT2D eigenvalue weighted by molar-refractivity contribution is -0.132. The molecule has 0 spiro atoms. The summed E-state index contributed by atoms with van der Waals surface area (Å²) < 4.78 is 0. The molecule has 0 fully saturated rings. The fraction of sp³-hybridized carbons (Fsp3) is 0.600. The summed E-state index contributed by atoms with van der Waals surface area (Å²) in [5, 5.41) is 18.9. The summed E-state index contributed by atoms with van der Waals surface area (Å²) in [6, 6.07) is 0. The highest BCUT2D eigenvalue weighted by Crippen LogP contribution is 2.10. The topological polar surface area (TPSA) is 147 Å². The summed E-state index contributed by atoms with van der Waals surface area (Å²) in [7, 11) is 0. The number of carbonyl (C=O) groups is 4. The van der Waals surface area contributed by atoms with Crippen molar-refractivity contribution in [3.8, 4) is 0 Å². The van der Waals surface area contributed by atoms with Gasteiger partial charge in [0.05, 0.1) is 0 Å². The van der Waals surface area contributed by atoms with Crippen molar-refractivity contribution in [2.24, 2.45) is 5.73 Å². The summed E-state index contributed by atoms with van der Waals surface area (Å²) in [5.74, 6) is -3.36. The molecular formula is C20H34N2O6. The standard InChI is InChI=1S/C16H29NO3.C4H5NO3/c1-2-3-4-5-6-7-8-9-10-11-14-17-15(18)12-13-16(19)20;5-3(6)1-2-4(7)8/h12-13H,2-11,14H2,1H3,(H,17,18)(H,19,20);1-2H,(H2,5,6)(H,7,8)/b13-12-;2-1-. The van der Waals surface area contributed by atoms with E-state index in [1.807, 2.05) is 0 Å². The minimum Gasteiger partial charge on any atom is -0.478 e. The van der Waals surface area contributed by atoms with Crippen molar-refractivity contribution >= 4 is 23.8 Å². The van der Waals surface area contributed by atoms with Crippen molar-refractivity contribution in [3.63, 3.8) is 0 Å². The summed E-state index contributed by atoms with van der Waals surface area (Å²) in [4.78, 5) is 40.7. The molecule has 0 aromatic carbocycles. The Hall–Kier alpha value is -2.64. The van der Waals surface area contributed by atoms with E-state index in [1.165, 1.54) is 51.4 Å². The Kier molecular flexibility index (Phi) is 20.4. The van der Waals surface area contributed by atoms with E-state index in [-0.39, 0.29) is 5.91 Å². The van der Waals surface area contributed by atoms with Crippen LogP contribution in [0.5, 0.6) is 0 Å². The Balaban J connectivity index is 0. The number of hydrogen-bond donors (Lipinski definition) is 4. The number of aliphatic carboxylic acids is 2. The molecule has 8 nitrogen and oxygen atoms in total. The van der Waals surface area contributed by atoms with Gasteiger partial charge >= 0.3 is 11.9 Å². The van der Waals surface area contributed by atoms with E-state index >= 15 is 0 Å². The SMILES string of the molecule is CCCCCCCCCCCCNC(=O)/C=C\C(=O)O.NC(=O)/C=C\C(=O)O. The second kappa shape index (κ2) is 20.7. The van der Waals surface area contributed by atoms with Crippen LogP contribution in [0.4, 0.5) is 0 Å². The molecule has 0 rings (SSSR count). The van der Waals surface area contributed by atoms with E-state index in [9.17, 15) is 19.2 Å². The van der Waals surface area contributed by atoms with Crippen molar-refractivity contribution in [3.05, 3.63) is 24.3 Å². The highest BCUT2D eigenvalue weighted by atomic mass is 16.4. The molecule has 0 aliphatic carbocycles. The number of hydrogen-bond acceptors (Lipinski definition) is 4. The van der Waals surface area contributed by atoms with Crippen molar-refractivity contribution in [1.82, 2.24) is 5.32 Å². The highest BCUT2D eigenvalue weighted by Gasteiger charge is 1.96. The van der Waals surface area contributed by atoms with Gasteiger partial charge in [-0.25, -0.2) is 9.59 Å². The third kappa shape index (κ3) is 28.2. The Labute approximate surface area is 166 Å². The maximum absolute atomic E-state index is 11.1. The molecule has 0 aliphatic rings. The molecule has 0 saturated carbocycles. The molecular weight excluding hydrogens is 364 g/mol. The van der Waals surface area contributed by atoms with E-state index in [2.05, 4.69) is 18.0 Å². The first-order valence-electron chi connectivity index (χ1n) is 9.68. The van der Waals surface area contributed by atoms with Crippen LogP contribution in [0.3, 0.4) is 0 Å². The molecule has 28 heavy (non-hydrogen) atoms. The van der Waals surface area contributed by atoms with Gasteiger partial charge in [-0.1, -0.05) is 64.7 Å². The second-order valence-corrected chi connectivity index (χ2v) is 6.22. The number of primary amides is 1. The van der Waals surface area contributed by atoms with Crippen LogP contribution in [0.1, 0.15) is 71.1 Å². The fourth-order valence-corrected chi connectivity index (χ4v) is 2.18. The minimum absolute atomic E-state index is 0.330. The number of carboxylic acids is 2. The lowest BCUT2D eigenvalue weighted by Crippen LogP contribution is -2.22. The summed E-state index contributed by atoms with van der Waals surface area (Å²) >= 11 is 0. The van der Waals surface area contributed by atoms with Gasteiger partial charge in [0.25, 0.3) is 0 Å². The third-order valence-corrected chi connectivity index (χ3v) is 3.60. The van der Waals surface area contributed by atoms with Crippen molar-refractivity contribution in [1.29, 1.82) is 0 Å². The third-order valence-electron chi connectivity index (χ3n) is 3.60. The molecule has 0 bridgehead atoms. The van der Waals surface area contributed by atoms with Crippen LogP contribution in [-0.4, -0.2) is 40.5 Å². The van der Waals surface area contributed by atoms with Crippen LogP contribution in [0.2, 0.25) is 0 Å². The predicted octanol–water partition coefficient (Wildman–Crippen LogP) is 2.78. The van der Waals surface area contributed by atoms with E-state index in [0.29, 0.717) is 12.6 Å². The predicted molar refractivity (Wildman–Crippen MR) is 108 cm³/mol. The first-order chi connectivity index (χ1) is 13.3. The van der Waals surface area contributed by atoms with Crippen LogP contribution in [-0.2, 0) is 19.2 Å². The second-order valence-electron chi connectivity index (χ2n) is 6.22. The van der Waals surface area contributed by atoms with Gasteiger partial charge in [-0.15, -0.1) is 0 Å². The number of rotatable bonds is 15. The molecule has 8 heteroatoms.